The molecule has 2 aliphatic rings. The fourth-order valence-electron chi connectivity index (χ4n) is 3.77. The Bertz CT molecular complexity index is 1530. The zero-order valence-corrected chi connectivity index (χ0v) is 22.8. The molecule has 0 aliphatic carbocycles. The van der Waals surface area contributed by atoms with Crippen molar-refractivity contribution in [3.05, 3.63) is 40.1 Å². The Morgan fingerprint density at radius 2 is 2.05 bits per heavy atom. The standard InChI is InChI=1S/C19H22N8O6S2.H2O4S/c1-33-24-12(10-8-35-19(21)22-10)15(29)23-13-16(30)27-14(18(31)32)9(7-34-17(13)27)6-25-3-2-11(20)26(25)4-5-28;1-5(2,3)4/h2-3,8,13,17,20,28H,4-7H2,1H3,(H2,21,22)(H,23,29)(H,31,32);(H2,1,2,3,4)/p-2/b20-11?,24-12-;/t13-,17-;/m1./s1. The van der Waals surface area contributed by atoms with Crippen molar-refractivity contribution < 1.29 is 47.3 Å². The van der Waals surface area contributed by atoms with Gasteiger partial charge in [0.15, 0.2) is 11.2 Å². The van der Waals surface area contributed by atoms with E-state index in [0.717, 1.165) is 16.2 Å². The van der Waals surface area contributed by atoms with E-state index in [1.807, 2.05) is 0 Å². The van der Waals surface area contributed by atoms with Crippen LogP contribution in [-0.2, 0) is 37.9 Å². The zero-order chi connectivity index (χ0) is 29.8. The van der Waals surface area contributed by atoms with E-state index in [4.69, 9.17) is 33.5 Å². The lowest BCUT2D eigenvalue weighted by Gasteiger charge is -2.49. The molecule has 4 heterocycles. The molecule has 0 spiro atoms. The Labute approximate surface area is 233 Å². The van der Waals surface area contributed by atoms with Gasteiger partial charge in [-0.1, -0.05) is 5.16 Å². The third kappa shape index (κ3) is 7.05. The molecule has 1 fully saturated rings. The van der Waals surface area contributed by atoms with Crippen molar-refractivity contribution >= 4 is 62.1 Å². The number of amides is 1. The summed E-state index contributed by atoms with van der Waals surface area (Å²) in [7, 11) is -3.42. The van der Waals surface area contributed by atoms with Gasteiger partial charge in [-0.05, 0) is 11.6 Å². The highest BCUT2D eigenvalue weighted by molar-refractivity contribution is 8.00. The van der Waals surface area contributed by atoms with Gasteiger partial charge in [0.1, 0.15) is 29.4 Å². The minimum Gasteiger partial charge on any atom is -0.857 e. The number of nitrogens with two attached hydrogens (primary N) is 1. The molecule has 6 N–H and O–H groups in total. The van der Waals surface area contributed by atoms with Crippen LogP contribution in [0.3, 0.4) is 0 Å². The molecule has 1 saturated heterocycles. The average Bonchev–Trinajstić information content (AvgIpc) is 3.45. The number of carboxylic acid groups (broad SMARTS) is 1. The summed E-state index contributed by atoms with van der Waals surface area (Å²) >= 11 is 2.35. The van der Waals surface area contributed by atoms with E-state index in [1.165, 1.54) is 35.0 Å². The van der Waals surface area contributed by atoms with Crippen molar-refractivity contribution in [3.63, 3.8) is 0 Å². The fourth-order valence-corrected chi connectivity index (χ4v) is 5.63. The largest absolute Gasteiger partial charge is 0.857 e. The van der Waals surface area contributed by atoms with E-state index in [9.17, 15) is 24.9 Å². The molecule has 218 valence electrons. The number of hydrogen-bond donors (Lipinski definition) is 5. The van der Waals surface area contributed by atoms with Gasteiger partial charge < -0.3 is 30.7 Å². The first-order valence-corrected chi connectivity index (χ1v) is 14.2. The molecule has 0 radical (unpaired) electrons. The van der Waals surface area contributed by atoms with Gasteiger partial charge in [0.05, 0.1) is 31.4 Å². The maximum Gasteiger partial charge on any atom is 0.394 e. The van der Waals surface area contributed by atoms with E-state index in [2.05, 4.69) is 15.1 Å². The number of aliphatic hydroxyl groups excluding tert-OH is 1. The van der Waals surface area contributed by atoms with E-state index < -0.39 is 39.6 Å². The number of hydrogen-bond acceptors (Lipinski definition) is 15. The van der Waals surface area contributed by atoms with Gasteiger partial charge in [0.2, 0.25) is 0 Å². The lowest BCUT2D eigenvalue weighted by molar-refractivity contribution is -0.301. The van der Waals surface area contributed by atoms with Gasteiger partial charge in [-0.2, -0.15) is 8.42 Å². The molecule has 1 amide bonds. The number of aliphatic carboxylic acids is 1. The molecule has 0 saturated carbocycles. The number of oxime groups is 1. The van der Waals surface area contributed by atoms with Crippen molar-refractivity contribution in [2.24, 2.45) is 10.1 Å². The smallest absolute Gasteiger partial charge is 0.394 e. The lowest BCUT2D eigenvalue weighted by atomic mass is 10.0. The third-order valence-corrected chi connectivity index (χ3v) is 7.28. The van der Waals surface area contributed by atoms with Crippen LogP contribution in [0.4, 0.5) is 5.13 Å². The Kier molecular flexibility index (Phi) is 9.70. The number of β-lactam (4-membered cyclic amide) rings is 1. The summed E-state index contributed by atoms with van der Waals surface area (Å²) in [6.07, 6.45) is 1.59. The number of rotatable bonds is 9. The van der Waals surface area contributed by atoms with Gasteiger partial charge in [-0.15, -0.1) is 23.1 Å². The third-order valence-electron chi connectivity index (χ3n) is 5.28. The minimum absolute atomic E-state index is 0.0718. The summed E-state index contributed by atoms with van der Waals surface area (Å²) in [4.78, 5) is 38.6. The van der Waals surface area contributed by atoms with Crippen molar-refractivity contribution in [2.75, 3.05) is 25.2 Å². The van der Waals surface area contributed by atoms with Crippen LogP contribution in [0.15, 0.2) is 39.1 Å². The molecule has 40 heavy (non-hydrogen) atoms. The number of fused-ring (bicyclic) bond motifs is 1. The number of nitrogens with one attached hydrogen (secondary N) is 1. The van der Waals surface area contributed by atoms with E-state index in [-0.39, 0.29) is 53.2 Å². The maximum absolute atomic E-state index is 12.9. The number of aliphatic imine (C=N–C) groups is 1. The zero-order valence-electron chi connectivity index (χ0n) is 20.4. The first-order valence-electron chi connectivity index (χ1n) is 10.8. The van der Waals surface area contributed by atoms with Crippen LogP contribution in [0.1, 0.15) is 5.69 Å². The number of thioether (sulfide) groups is 1. The lowest BCUT2D eigenvalue weighted by Crippen LogP contribution is -2.65. The summed E-state index contributed by atoms with van der Waals surface area (Å²) in [6.45, 7) is 0.0209. The Morgan fingerprint density at radius 3 is 2.60 bits per heavy atom. The van der Waals surface area contributed by atoms with Gasteiger partial charge >= 0.3 is 10.4 Å². The first-order chi connectivity index (χ1) is 18.8. The highest BCUT2D eigenvalue weighted by Gasteiger charge is 2.52. The number of nitrogen functional groups attached to an aromatic ring is 1. The molecule has 0 aromatic carbocycles. The second-order valence-electron chi connectivity index (χ2n) is 7.82. The average molecular weight is 619 g/mol. The molecular formula is C19H22N8O10S3-2. The second kappa shape index (κ2) is 12.6. The van der Waals surface area contributed by atoms with Crippen molar-refractivity contribution in [3.8, 4) is 0 Å². The molecule has 0 unspecified atom stereocenters. The van der Waals surface area contributed by atoms with Crippen LogP contribution in [0.2, 0.25) is 0 Å². The first kappa shape index (κ1) is 30.8. The quantitative estimate of drug-likeness (QED) is 0.0594. The molecule has 18 nitrogen and oxygen atoms in total. The van der Waals surface area contributed by atoms with Crippen LogP contribution in [0.25, 0.3) is 0 Å². The monoisotopic (exact) mass is 618 g/mol. The van der Waals surface area contributed by atoms with E-state index in [1.54, 1.807) is 10.9 Å². The van der Waals surface area contributed by atoms with Gasteiger partial charge in [0.25, 0.3) is 5.91 Å². The summed E-state index contributed by atoms with van der Waals surface area (Å²) in [5.74, 6) is -2.82. The molecule has 21 heteroatoms. The summed E-state index contributed by atoms with van der Waals surface area (Å²) in [5.41, 5.74) is 5.79. The SMILES string of the molecule is CO/N=C(\C([O-])=N[C@@H]1C(=O)N2C(C(=O)[O-])=C(Cn3ccc(=N)n3CCO)CS[C@H]12)c1csc(N)n1.O=S(=O)(O)O. The van der Waals surface area contributed by atoms with Gasteiger partial charge in [-0.25, -0.2) is 4.98 Å². The molecule has 0 bridgehead atoms. The number of anilines is 1. The van der Waals surface area contributed by atoms with Crippen LogP contribution in [0.5, 0.6) is 0 Å². The Morgan fingerprint density at radius 1 is 1.38 bits per heavy atom. The summed E-state index contributed by atoms with van der Waals surface area (Å²) < 4.78 is 34.6. The van der Waals surface area contributed by atoms with Crippen molar-refractivity contribution in [1.29, 1.82) is 5.41 Å². The predicted molar refractivity (Wildman–Crippen MR) is 136 cm³/mol. The van der Waals surface area contributed by atoms with Crippen molar-refractivity contribution in [1.82, 2.24) is 19.2 Å². The fraction of sp³-hybridized carbons (Fsp3) is 0.368. The predicted octanol–water partition coefficient (Wildman–Crippen LogP) is -3.76. The second-order valence-corrected chi connectivity index (χ2v) is 10.7. The summed E-state index contributed by atoms with van der Waals surface area (Å²) in [5, 5.41) is 46.6. The number of carboxylic acids is 1. The van der Waals surface area contributed by atoms with Crippen molar-refractivity contribution in [2.45, 2.75) is 24.5 Å². The number of carbonyl (C=O) groups is 2. The van der Waals surface area contributed by atoms with Crippen LogP contribution in [0, 0.1) is 5.41 Å². The van der Waals surface area contributed by atoms with E-state index >= 15 is 0 Å². The maximum atomic E-state index is 12.9. The van der Waals surface area contributed by atoms with E-state index in [0.29, 0.717) is 5.57 Å². The molecule has 2 aliphatic heterocycles. The van der Waals surface area contributed by atoms with Crippen LogP contribution in [-0.4, -0.2) is 96.2 Å². The topological polar surface area (TPSA) is 285 Å². The number of nitrogens with zero attached hydrogens (tertiary/aromatic N) is 6. The highest BCUT2D eigenvalue weighted by Crippen LogP contribution is 2.41. The summed E-state index contributed by atoms with van der Waals surface area (Å²) in [6, 6.07) is 0.394. The van der Waals surface area contributed by atoms with Crippen LogP contribution < -0.4 is 21.4 Å². The van der Waals surface area contributed by atoms with Gasteiger partial charge in [0, 0.05) is 23.2 Å². The Balaban J connectivity index is 0.000000810. The number of thiazole rings is 1. The molecular weight excluding hydrogens is 596 g/mol. The number of aromatic nitrogens is 3. The van der Waals surface area contributed by atoms with Crippen LogP contribution >= 0.6 is 23.1 Å². The number of aliphatic hydroxyl groups is 1. The number of carbonyl (C=O) groups excluding carboxylic acids is 2. The molecule has 2 aromatic rings. The Hall–Kier alpha value is -3.76. The normalized spacial score (nSPS) is 19.5. The minimum atomic E-state index is -4.67. The highest BCUT2D eigenvalue weighted by atomic mass is 32.3. The molecule has 2 aromatic heterocycles. The molecule has 4 rings (SSSR count). The van der Waals surface area contributed by atoms with Gasteiger partial charge in [-0.3, -0.25) is 38.6 Å². The molecule has 2 atom stereocenters.